The summed E-state index contributed by atoms with van der Waals surface area (Å²) in [6.45, 7) is 5.71. The molecule has 0 aromatic heterocycles. The summed E-state index contributed by atoms with van der Waals surface area (Å²) in [4.78, 5) is 0. The van der Waals surface area contributed by atoms with Crippen LogP contribution in [-0.2, 0) is 0 Å². The Balaban J connectivity index is 3.79. The molecule has 0 N–H and O–H groups in total. The summed E-state index contributed by atoms with van der Waals surface area (Å²) in [5, 5.41) is 0. The van der Waals surface area contributed by atoms with Gasteiger partial charge in [-0.15, -0.1) is 0 Å². The Kier molecular flexibility index (Phi) is 13.2. The van der Waals surface area contributed by atoms with Gasteiger partial charge in [0.25, 0.3) is 0 Å². The Morgan fingerprint density at radius 1 is 0.556 bits per heavy atom. The van der Waals surface area contributed by atoms with Gasteiger partial charge in [0.2, 0.25) is 0 Å². The van der Waals surface area contributed by atoms with Crippen LogP contribution in [0, 0.1) is 0 Å². The summed E-state index contributed by atoms with van der Waals surface area (Å²) in [6.07, 6.45) is 30.8. The van der Waals surface area contributed by atoms with Crippen molar-refractivity contribution in [3.8, 4) is 0 Å². The Morgan fingerprint density at radius 2 is 0.889 bits per heavy atom. The number of rotatable bonds is 8. The van der Waals surface area contributed by atoms with Crippen molar-refractivity contribution in [3.05, 3.63) is 97.7 Å². The van der Waals surface area contributed by atoms with Gasteiger partial charge in [-0.2, -0.15) is 0 Å². The van der Waals surface area contributed by atoms with Gasteiger partial charge in [-0.05, 0) is 6.42 Å². The predicted molar refractivity (Wildman–Crippen MR) is 84.5 cm³/mol. The molecule has 0 aliphatic rings. The van der Waals surface area contributed by atoms with Crippen molar-refractivity contribution in [1.29, 1.82) is 0 Å². The summed E-state index contributed by atoms with van der Waals surface area (Å²) < 4.78 is 0. The number of allylic oxidation sites excluding steroid dienone is 15. The van der Waals surface area contributed by atoms with E-state index >= 15 is 0 Å². The predicted octanol–water partition coefficient (Wildman–Crippen LogP) is 5.48. The Labute approximate surface area is 111 Å². The topological polar surface area (TPSA) is 0 Å². The fourth-order valence-electron chi connectivity index (χ4n) is 0.999. The molecule has 0 nitrogen and oxygen atoms in total. The van der Waals surface area contributed by atoms with Crippen molar-refractivity contribution in [3.63, 3.8) is 0 Å². The maximum atomic E-state index is 3.59. The molecule has 0 rings (SSSR count). The fourth-order valence-corrected chi connectivity index (χ4v) is 0.999. The van der Waals surface area contributed by atoms with Gasteiger partial charge in [0.05, 0.1) is 0 Å². The zero-order chi connectivity index (χ0) is 13.3. The average molecular weight is 238 g/mol. The third-order valence-electron chi connectivity index (χ3n) is 1.84. The molecular weight excluding hydrogens is 216 g/mol. The highest BCUT2D eigenvalue weighted by atomic mass is 13.7. The van der Waals surface area contributed by atoms with Crippen LogP contribution in [0.25, 0.3) is 0 Å². The molecule has 0 aromatic rings. The average Bonchev–Trinajstić information content (AvgIpc) is 2.39. The van der Waals surface area contributed by atoms with Crippen LogP contribution in [0.1, 0.15) is 13.3 Å². The van der Waals surface area contributed by atoms with E-state index in [1.165, 1.54) is 0 Å². The normalized spacial score (nSPS) is 13.8. The lowest BCUT2D eigenvalue weighted by Crippen LogP contribution is -1.54. The van der Waals surface area contributed by atoms with Crippen LogP contribution in [0.5, 0.6) is 0 Å². The van der Waals surface area contributed by atoms with Gasteiger partial charge < -0.3 is 0 Å². The van der Waals surface area contributed by atoms with Crippen molar-refractivity contribution in [1.82, 2.24) is 0 Å². The van der Waals surface area contributed by atoms with E-state index in [0.717, 1.165) is 6.42 Å². The molecule has 0 fully saturated rings. The van der Waals surface area contributed by atoms with Crippen LogP contribution in [-0.4, -0.2) is 0 Å². The van der Waals surface area contributed by atoms with Gasteiger partial charge in [0, 0.05) is 0 Å². The second kappa shape index (κ2) is 14.9. The van der Waals surface area contributed by atoms with E-state index in [2.05, 4.69) is 25.7 Å². The quantitative estimate of drug-likeness (QED) is 0.491. The molecule has 0 amide bonds. The molecule has 0 heterocycles. The van der Waals surface area contributed by atoms with Gasteiger partial charge in [-0.1, -0.05) is 105 Å². The molecule has 0 atom stereocenters. The van der Waals surface area contributed by atoms with Gasteiger partial charge in [-0.25, -0.2) is 0 Å². The Morgan fingerprint density at radius 3 is 1.22 bits per heavy atom. The molecule has 0 spiro atoms. The monoisotopic (exact) mass is 238 g/mol. The smallest absolute Gasteiger partial charge is 0.0376 e. The van der Waals surface area contributed by atoms with Gasteiger partial charge in [-0.3, -0.25) is 0 Å². The van der Waals surface area contributed by atoms with E-state index < -0.39 is 0 Å². The van der Waals surface area contributed by atoms with Crippen molar-refractivity contribution in [2.24, 2.45) is 0 Å². The van der Waals surface area contributed by atoms with Gasteiger partial charge in [0.15, 0.2) is 0 Å². The minimum atomic E-state index is 1.08. The van der Waals surface area contributed by atoms with E-state index in [9.17, 15) is 0 Å². The lowest BCUT2D eigenvalue weighted by Gasteiger charge is -1.75. The van der Waals surface area contributed by atoms with Crippen LogP contribution in [0.4, 0.5) is 0 Å². The SMILES string of the molecule is C=C/C=C/C=C/C=C/C=C/C=C/C=C/C=C/CC. The van der Waals surface area contributed by atoms with Crippen LogP contribution in [0.2, 0.25) is 0 Å². The van der Waals surface area contributed by atoms with E-state index in [1.54, 1.807) is 6.08 Å². The largest absolute Gasteiger partial charge is 0.0991 e. The van der Waals surface area contributed by atoms with Crippen LogP contribution < -0.4 is 0 Å². The molecule has 0 unspecified atom stereocenters. The lowest BCUT2D eigenvalue weighted by molar-refractivity contribution is 1.22. The van der Waals surface area contributed by atoms with Crippen molar-refractivity contribution < 1.29 is 0 Å². The Hall–Kier alpha value is -2.08. The van der Waals surface area contributed by atoms with Crippen molar-refractivity contribution in [2.75, 3.05) is 0 Å². The van der Waals surface area contributed by atoms with E-state index in [4.69, 9.17) is 0 Å². The van der Waals surface area contributed by atoms with Crippen molar-refractivity contribution in [2.45, 2.75) is 13.3 Å². The maximum absolute atomic E-state index is 3.59. The van der Waals surface area contributed by atoms with Crippen LogP contribution in [0.15, 0.2) is 97.7 Å². The summed E-state index contributed by atoms with van der Waals surface area (Å²) in [7, 11) is 0. The molecule has 18 heavy (non-hydrogen) atoms. The first kappa shape index (κ1) is 15.9. The highest BCUT2D eigenvalue weighted by Gasteiger charge is 1.64. The van der Waals surface area contributed by atoms with Gasteiger partial charge in [0.1, 0.15) is 0 Å². The van der Waals surface area contributed by atoms with E-state index in [0.29, 0.717) is 0 Å². The molecule has 0 saturated heterocycles. The zero-order valence-electron chi connectivity index (χ0n) is 11.1. The molecule has 0 saturated carbocycles. The second-order valence-corrected chi connectivity index (χ2v) is 3.38. The number of hydrogen-bond donors (Lipinski definition) is 0. The van der Waals surface area contributed by atoms with E-state index in [1.807, 2.05) is 72.9 Å². The minimum Gasteiger partial charge on any atom is -0.0991 e. The third-order valence-corrected chi connectivity index (χ3v) is 1.84. The lowest BCUT2D eigenvalue weighted by atomic mass is 10.3. The minimum absolute atomic E-state index is 1.08. The summed E-state index contributed by atoms with van der Waals surface area (Å²) in [5.41, 5.74) is 0. The molecule has 0 aromatic carbocycles. The standard InChI is InChI=1S/C18H22/c1-3-5-7-9-11-13-15-17-18-16-14-12-10-8-6-4-2/h3,5-18H,1,4H2,2H3/b7-5+,8-6+,11-9+,12-10+,15-13+,16-14+,18-17+. The molecular formula is C18H22. The summed E-state index contributed by atoms with van der Waals surface area (Å²) in [6, 6.07) is 0. The van der Waals surface area contributed by atoms with Gasteiger partial charge >= 0.3 is 0 Å². The first-order valence-electron chi connectivity index (χ1n) is 6.19. The number of hydrogen-bond acceptors (Lipinski definition) is 0. The highest BCUT2D eigenvalue weighted by Crippen LogP contribution is 1.86. The zero-order valence-corrected chi connectivity index (χ0v) is 11.1. The highest BCUT2D eigenvalue weighted by molar-refractivity contribution is 5.20. The maximum Gasteiger partial charge on any atom is -0.0376 e. The Bertz CT molecular complexity index is 382. The summed E-state index contributed by atoms with van der Waals surface area (Å²) in [5.74, 6) is 0. The molecule has 0 aliphatic carbocycles. The van der Waals surface area contributed by atoms with E-state index in [-0.39, 0.29) is 0 Å². The molecule has 0 bridgehead atoms. The fraction of sp³-hybridized carbons (Fsp3) is 0.111. The molecule has 0 radical (unpaired) electrons. The first-order valence-corrected chi connectivity index (χ1v) is 6.19. The van der Waals surface area contributed by atoms with Crippen LogP contribution >= 0.6 is 0 Å². The van der Waals surface area contributed by atoms with Crippen molar-refractivity contribution >= 4 is 0 Å². The third kappa shape index (κ3) is 13.9. The molecule has 0 aliphatic heterocycles. The second-order valence-electron chi connectivity index (χ2n) is 3.38. The van der Waals surface area contributed by atoms with Crippen LogP contribution in [0.3, 0.4) is 0 Å². The first-order chi connectivity index (χ1) is 8.91. The molecule has 94 valence electrons. The summed E-state index contributed by atoms with van der Waals surface area (Å²) >= 11 is 0. The molecule has 0 heteroatoms.